The van der Waals surface area contributed by atoms with Gasteiger partial charge in [-0.1, -0.05) is 18.2 Å². The van der Waals surface area contributed by atoms with Crippen molar-refractivity contribution < 1.29 is 25.9 Å². The van der Waals surface area contributed by atoms with Crippen LogP contribution in [0.5, 0.6) is 0 Å². The van der Waals surface area contributed by atoms with Crippen LogP contribution in [0.2, 0.25) is 0 Å². The second kappa shape index (κ2) is 8.71. The van der Waals surface area contributed by atoms with Crippen LogP contribution < -0.4 is 10.6 Å². The molecule has 12 heteroatoms. The third-order valence-electron chi connectivity index (χ3n) is 4.97. The van der Waals surface area contributed by atoms with Crippen molar-refractivity contribution in [3.05, 3.63) is 63.7 Å². The highest BCUT2D eigenvalue weighted by Crippen LogP contribution is 2.32. The van der Waals surface area contributed by atoms with Crippen molar-refractivity contribution in [2.24, 2.45) is 0 Å². The van der Waals surface area contributed by atoms with Gasteiger partial charge in [0.2, 0.25) is 0 Å². The smallest absolute Gasteiger partial charge is 0.296 e. The Morgan fingerprint density at radius 3 is 2.31 bits per heavy atom. The Morgan fingerprint density at radius 1 is 1.00 bits per heavy atom. The predicted octanol–water partition coefficient (Wildman–Crippen LogP) is 3.42. The monoisotopic (exact) mass is 476 g/mol. The van der Waals surface area contributed by atoms with Crippen LogP contribution in [-0.2, 0) is 20.2 Å². The third kappa shape index (κ3) is 4.81. The quantitative estimate of drug-likeness (QED) is 0.453. The molecule has 0 atom stereocenters. The van der Waals surface area contributed by atoms with E-state index in [1.165, 1.54) is 24.3 Å². The van der Waals surface area contributed by atoms with Gasteiger partial charge in [-0.2, -0.15) is 22.1 Å². The minimum absolute atomic E-state index is 0.00277. The molecule has 1 heterocycles. The molecule has 0 fully saturated rings. The third-order valence-corrected chi connectivity index (χ3v) is 6.93. The maximum Gasteiger partial charge on any atom is 0.296 e. The van der Waals surface area contributed by atoms with Crippen LogP contribution in [0.25, 0.3) is 0 Å². The largest absolute Gasteiger partial charge is 0.339 e. The number of aromatic nitrogens is 1. The first-order chi connectivity index (χ1) is 14.9. The zero-order chi connectivity index (χ0) is 23.7. The van der Waals surface area contributed by atoms with Crippen LogP contribution in [0.3, 0.4) is 0 Å². The van der Waals surface area contributed by atoms with Gasteiger partial charge in [-0.3, -0.25) is 9.11 Å². The number of allylic oxidation sites excluding steroid dienone is 3. The number of para-hydroxylation sites is 1. The van der Waals surface area contributed by atoms with Crippen molar-refractivity contribution in [3.8, 4) is 6.07 Å². The molecule has 0 bridgehead atoms. The van der Waals surface area contributed by atoms with E-state index < -0.39 is 25.1 Å². The van der Waals surface area contributed by atoms with E-state index in [1.807, 2.05) is 6.07 Å². The zero-order valence-corrected chi connectivity index (χ0v) is 18.7. The lowest BCUT2D eigenvalue weighted by atomic mass is 10.0. The van der Waals surface area contributed by atoms with Gasteiger partial charge in [0.1, 0.15) is 16.8 Å². The summed E-state index contributed by atoms with van der Waals surface area (Å²) in [5.74, 6) is 0.207. The van der Waals surface area contributed by atoms with Crippen LogP contribution in [0.4, 0.5) is 17.3 Å². The average molecular weight is 477 g/mol. The Morgan fingerprint density at radius 2 is 1.69 bits per heavy atom. The molecule has 1 aliphatic rings. The van der Waals surface area contributed by atoms with Crippen LogP contribution in [-0.4, -0.2) is 30.9 Å². The Labute approximate surface area is 185 Å². The molecule has 3 rings (SSSR count). The standard InChI is InChI=1S/C20H20N4O6S2/c1-12-13(2)19(22-15-7-3-5-9-17(15)31(25,26)27)24-20(14(12)11-21)23-16-8-4-6-10-18(16)32(28,29)30/h3-4,6-8,10H,5,9H2,1-2H3,(H2,22,23,24)(H,25,26,27)(H,28,29,30). The Balaban J connectivity index is 2.14. The molecule has 1 aromatic heterocycles. The second-order valence-corrected chi connectivity index (χ2v) is 9.85. The summed E-state index contributed by atoms with van der Waals surface area (Å²) in [5, 5.41) is 15.3. The van der Waals surface area contributed by atoms with Gasteiger partial charge in [-0.05, 0) is 56.0 Å². The SMILES string of the molecule is Cc1c(NC2=C(S(=O)(=O)O)CCC=C2)nc(Nc2ccccc2S(=O)(=O)O)c(C#N)c1C. The molecule has 0 saturated heterocycles. The van der Waals surface area contributed by atoms with Gasteiger partial charge in [-0.25, -0.2) is 4.98 Å². The van der Waals surface area contributed by atoms with Gasteiger partial charge in [-0.15, -0.1) is 0 Å². The molecule has 32 heavy (non-hydrogen) atoms. The number of nitriles is 1. The highest BCUT2D eigenvalue weighted by molar-refractivity contribution is 7.89. The van der Waals surface area contributed by atoms with Crippen molar-refractivity contribution >= 4 is 37.6 Å². The molecular weight excluding hydrogens is 456 g/mol. The molecule has 0 aliphatic heterocycles. The number of nitrogens with zero attached hydrogens (tertiary/aromatic N) is 2. The summed E-state index contributed by atoms with van der Waals surface area (Å²) in [6, 6.07) is 7.59. The van der Waals surface area contributed by atoms with Gasteiger partial charge < -0.3 is 10.6 Å². The van der Waals surface area contributed by atoms with Gasteiger partial charge >= 0.3 is 0 Å². The van der Waals surface area contributed by atoms with E-state index in [-0.39, 0.29) is 39.9 Å². The molecule has 168 valence electrons. The number of hydrogen-bond acceptors (Lipinski definition) is 8. The van der Waals surface area contributed by atoms with Gasteiger partial charge in [0.25, 0.3) is 20.2 Å². The Hall–Kier alpha value is -3.24. The maximum absolute atomic E-state index is 11.7. The van der Waals surface area contributed by atoms with Crippen LogP contribution in [0, 0.1) is 25.2 Å². The topological polar surface area (TPSA) is 169 Å². The lowest BCUT2D eigenvalue weighted by molar-refractivity contribution is 0.482. The van der Waals surface area contributed by atoms with E-state index in [0.717, 1.165) is 0 Å². The summed E-state index contributed by atoms with van der Waals surface area (Å²) in [5.41, 5.74) is 1.36. The first-order valence-electron chi connectivity index (χ1n) is 9.32. The van der Waals surface area contributed by atoms with Crippen molar-refractivity contribution in [2.45, 2.75) is 31.6 Å². The summed E-state index contributed by atoms with van der Waals surface area (Å²) in [7, 11) is -8.98. The minimum atomic E-state index is -4.55. The van der Waals surface area contributed by atoms with Crippen LogP contribution in [0.1, 0.15) is 29.5 Å². The summed E-state index contributed by atoms with van der Waals surface area (Å²) >= 11 is 0. The van der Waals surface area contributed by atoms with Crippen molar-refractivity contribution in [1.82, 2.24) is 4.98 Å². The number of anilines is 3. The number of hydrogen-bond donors (Lipinski definition) is 4. The lowest BCUT2D eigenvalue weighted by Crippen LogP contribution is -2.14. The van der Waals surface area contributed by atoms with Crippen LogP contribution >= 0.6 is 0 Å². The van der Waals surface area contributed by atoms with Crippen molar-refractivity contribution in [3.63, 3.8) is 0 Å². The number of benzene rings is 1. The summed E-state index contributed by atoms with van der Waals surface area (Å²) < 4.78 is 65.9. The fourth-order valence-electron chi connectivity index (χ4n) is 3.22. The first-order valence-corrected chi connectivity index (χ1v) is 12.2. The van der Waals surface area contributed by atoms with E-state index in [4.69, 9.17) is 0 Å². The number of rotatable bonds is 6. The molecule has 4 N–H and O–H groups in total. The molecule has 1 aliphatic carbocycles. The molecule has 10 nitrogen and oxygen atoms in total. The predicted molar refractivity (Wildman–Crippen MR) is 119 cm³/mol. The van der Waals surface area contributed by atoms with E-state index >= 15 is 0 Å². The number of nitrogens with one attached hydrogen (secondary N) is 2. The molecule has 0 saturated carbocycles. The van der Waals surface area contributed by atoms with Gasteiger partial charge in [0.05, 0.1) is 21.9 Å². The van der Waals surface area contributed by atoms with Crippen molar-refractivity contribution in [1.29, 1.82) is 5.26 Å². The van der Waals surface area contributed by atoms with Crippen molar-refractivity contribution in [2.75, 3.05) is 10.6 Å². The van der Waals surface area contributed by atoms with E-state index in [2.05, 4.69) is 15.6 Å². The Bertz CT molecular complexity index is 1400. The summed E-state index contributed by atoms with van der Waals surface area (Å²) in [4.78, 5) is 3.78. The van der Waals surface area contributed by atoms with Gasteiger partial charge in [0.15, 0.2) is 5.82 Å². The second-order valence-electron chi connectivity index (χ2n) is 7.02. The fraction of sp³-hybridized carbons (Fsp3) is 0.200. The van der Waals surface area contributed by atoms with Gasteiger partial charge in [0, 0.05) is 0 Å². The van der Waals surface area contributed by atoms with E-state index in [9.17, 15) is 31.2 Å². The molecule has 0 unspecified atom stereocenters. The molecule has 0 spiro atoms. The fourth-order valence-corrected chi connectivity index (χ4v) is 4.64. The van der Waals surface area contributed by atoms with E-state index in [0.29, 0.717) is 17.5 Å². The lowest BCUT2D eigenvalue weighted by Gasteiger charge is -2.19. The highest BCUT2D eigenvalue weighted by Gasteiger charge is 2.23. The molecule has 2 aromatic rings. The maximum atomic E-state index is 11.7. The summed E-state index contributed by atoms with van der Waals surface area (Å²) in [6.07, 6.45) is 3.81. The molecule has 0 amide bonds. The zero-order valence-electron chi connectivity index (χ0n) is 17.1. The first kappa shape index (κ1) is 23.4. The summed E-state index contributed by atoms with van der Waals surface area (Å²) in [6.45, 7) is 3.34. The molecule has 1 aromatic carbocycles. The molecule has 0 radical (unpaired) electrons. The highest BCUT2D eigenvalue weighted by atomic mass is 32.2. The van der Waals surface area contributed by atoms with Crippen LogP contribution in [0.15, 0.2) is 51.9 Å². The number of pyridine rings is 1. The Kier molecular flexibility index (Phi) is 6.38. The normalized spacial score (nSPS) is 14.2. The average Bonchev–Trinajstić information content (AvgIpc) is 2.71. The van der Waals surface area contributed by atoms with E-state index in [1.54, 1.807) is 26.0 Å². The molecular formula is C20H20N4O6S2. The minimum Gasteiger partial charge on any atom is -0.339 e.